The topological polar surface area (TPSA) is 82.9 Å². The van der Waals surface area contributed by atoms with Crippen molar-refractivity contribution < 1.29 is 0 Å². The largest absolute Gasteiger partial charge is 0.368 e. The van der Waals surface area contributed by atoms with Crippen LogP contribution >= 0.6 is 0 Å². The summed E-state index contributed by atoms with van der Waals surface area (Å²) in [6.07, 6.45) is 3.48. The minimum Gasteiger partial charge on any atom is -0.368 e. The van der Waals surface area contributed by atoms with Gasteiger partial charge < -0.3 is 20.9 Å². The predicted molar refractivity (Wildman–Crippen MR) is 77.1 cm³/mol. The summed E-state index contributed by atoms with van der Waals surface area (Å²) in [6, 6.07) is 6.05. The first-order chi connectivity index (χ1) is 9.15. The van der Waals surface area contributed by atoms with E-state index in [1.54, 1.807) is 6.33 Å². The molecule has 1 atom stereocenters. The van der Waals surface area contributed by atoms with Crippen LogP contribution in [0.5, 0.6) is 0 Å². The van der Waals surface area contributed by atoms with Gasteiger partial charge in [0.05, 0.1) is 6.54 Å². The maximum absolute atomic E-state index is 5.71. The minimum atomic E-state index is 0.0927. The second kappa shape index (κ2) is 6.19. The van der Waals surface area contributed by atoms with Crippen molar-refractivity contribution in [1.82, 2.24) is 15.0 Å². The van der Waals surface area contributed by atoms with E-state index in [2.05, 4.69) is 25.2 Å². The molecule has 2 heterocycles. The first kappa shape index (κ1) is 13.4. The van der Waals surface area contributed by atoms with E-state index in [0.29, 0.717) is 6.54 Å². The van der Waals surface area contributed by atoms with Crippen LogP contribution in [0.15, 0.2) is 30.7 Å². The number of nitrogens with two attached hydrogens (primary N) is 1. The lowest BCUT2D eigenvalue weighted by Gasteiger charge is -2.18. The minimum absolute atomic E-state index is 0.0927. The number of aromatic nitrogens is 3. The van der Waals surface area contributed by atoms with Gasteiger partial charge in [0.1, 0.15) is 18.0 Å². The molecule has 0 radical (unpaired) electrons. The van der Waals surface area contributed by atoms with Gasteiger partial charge in [0.15, 0.2) is 0 Å². The summed E-state index contributed by atoms with van der Waals surface area (Å²) in [6.45, 7) is 3.42. The molecular weight excluding hydrogens is 240 g/mol. The van der Waals surface area contributed by atoms with Gasteiger partial charge in [-0.25, -0.2) is 9.97 Å². The van der Waals surface area contributed by atoms with E-state index >= 15 is 0 Å². The van der Waals surface area contributed by atoms with Crippen molar-refractivity contribution in [2.24, 2.45) is 5.73 Å². The monoisotopic (exact) mass is 260 g/mol. The normalized spacial score (nSPS) is 12.2. The molecule has 0 amide bonds. The third-order valence-corrected chi connectivity index (χ3v) is 2.72. The van der Waals surface area contributed by atoms with Crippen molar-refractivity contribution in [1.29, 1.82) is 0 Å². The van der Waals surface area contributed by atoms with Gasteiger partial charge in [0.25, 0.3) is 0 Å². The van der Waals surface area contributed by atoms with Crippen molar-refractivity contribution in [3.05, 3.63) is 36.4 Å². The van der Waals surface area contributed by atoms with E-state index < -0.39 is 0 Å². The fourth-order valence-corrected chi connectivity index (χ4v) is 1.72. The molecule has 0 spiro atoms. The van der Waals surface area contributed by atoms with Gasteiger partial charge in [0, 0.05) is 37.6 Å². The van der Waals surface area contributed by atoms with E-state index in [1.807, 2.05) is 38.4 Å². The van der Waals surface area contributed by atoms with Crippen LogP contribution in [0.3, 0.4) is 0 Å². The fourth-order valence-electron chi connectivity index (χ4n) is 1.72. The molecule has 0 bridgehead atoms. The molecule has 0 fully saturated rings. The Labute approximate surface area is 113 Å². The number of anilines is 2. The Morgan fingerprint density at radius 3 is 3.00 bits per heavy atom. The summed E-state index contributed by atoms with van der Waals surface area (Å²) in [5.41, 5.74) is 6.85. The first-order valence-electron chi connectivity index (χ1n) is 6.30. The second-order valence-electron chi connectivity index (χ2n) is 4.67. The number of nitrogens with one attached hydrogen (secondary N) is 2. The van der Waals surface area contributed by atoms with E-state index in [-0.39, 0.29) is 6.04 Å². The van der Waals surface area contributed by atoms with Crippen molar-refractivity contribution >= 4 is 11.6 Å². The summed E-state index contributed by atoms with van der Waals surface area (Å²) in [4.78, 5) is 13.7. The molecule has 4 N–H and O–H groups in total. The lowest BCUT2D eigenvalue weighted by Crippen LogP contribution is -2.25. The van der Waals surface area contributed by atoms with E-state index in [4.69, 9.17) is 5.73 Å². The second-order valence-corrected chi connectivity index (χ2v) is 4.67. The van der Waals surface area contributed by atoms with Crippen LogP contribution < -0.4 is 16.0 Å². The molecule has 2 aromatic rings. The molecule has 2 aromatic heterocycles. The van der Waals surface area contributed by atoms with E-state index in [1.165, 1.54) is 0 Å². The molecule has 19 heavy (non-hydrogen) atoms. The van der Waals surface area contributed by atoms with Crippen LogP contribution in [0.1, 0.15) is 12.6 Å². The molecule has 0 aliphatic rings. The number of H-pyrrole nitrogens is 1. The summed E-state index contributed by atoms with van der Waals surface area (Å²) in [7, 11) is 2.00. The van der Waals surface area contributed by atoms with Gasteiger partial charge >= 0.3 is 0 Å². The molecular formula is C13H20N6. The molecule has 6 nitrogen and oxygen atoms in total. The number of hydrogen-bond acceptors (Lipinski definition) is 5. The van der Waals surface area contributed by atoms with Crippen molar-refractivity contribution in [2.75, 3.05) is 23.8 Å². The number of hydrogen-bond donors (Lipinski definition) is 3. The zero-order chi connectivity index (χ0) is 13.7. The zero-order valence-corrected chi connectivity index (χ0v) is 11.3. The van der Waals surface area contributed by atoms with Gasteiger partial charge in [-0.3, -0.25) is 0 Å². The molecule has 0 saturated heterocycles. The van der Waals surface area contributed by atoms with E-state index in [0.717, 1.165) is 23.9 Å². The van der Waals surface area contributed by atoms with Crippen LogP contribution in [0, 0.1) is 0 Å². The number of nitrogens with zero attached hydrogens (tertiary/aromatic N) is 3. The Bertz CT molecular complexity index is 494. The molecule has 0 aliphatic carbocycles. The average molecular weight is 260 g/mol. The third-order valence-electron chi connectivity index (χ3n) is 2.72. The molecule has 1 unspecified atom stereocenters. The average Bonchev–Trinajstić information content (AvgIpc) is 2.89. The van der Waals surface area contributed by atoms with Crippen LogP contribution in [0.2, 0.25) is 0 Å². The highest BCUT2D eigenvalue weighted by Crippen LogP contribution is 2.14. The Kier molecular flexibility index (Phi) is 4.35. The SMILES string of the molecule is CC(N)CNc1cc(N(C)Cc2ccc[nH]2)ncn1. The van der Waals surface area contributed by atoms with Gasteiger partial charge in [-0.2, -0.15) is 0 Å². The molecule has 0 saturated carbocycles. The molecule has 6 heteroatoms. The standard InChI is InChI=1S/C13H20N6/c1-10(14)7-16-12-6-13(18-9-17-12)19(2)8-11-4-3-5-15-11/h3-6,9-10,15H,7-8,14H2,1-2H3,(H,16,17,18). The van der Waals surface area contributed by atoms with Crippen molar-refractivity contribution in [3.8, 4) is 0 Å². The zero-order valence-electron chi connectivity index (χ0n) is 11.3. The summed E-state index contributed by atoms with van der Waals surface area (Å²) in [5, 5.41) is 3.19. The number of rotatable bonds is 6. The fraction of sp³-hybridized carbons (Fsp3) is 0.385. The predicted octanol–water partition coefficient (Wildman–Crippen LogP) is 1.20. The van der Waals surface area contributed by atoms with Gasteiger partial charge in [-0.05, 0) is 19.1 Å². The quantitative estimate of drug-likeness (QED) is 0.727. The highest BCUT2D eigenvalue weighted by Gasteiger charge is 2.06. The number of aromatic amines is 1. The van der Waals surface area contributed by atoms with Gasteiger partial charge in [-0.1, -0.05) is 0 Å². The highest BCUT2D eigenvalue weighted by atomic mass is 15.2. The lowest BCUT2D eigenvalue weighted by atomic mass is 10.3. The summed E-state index contributed by atoms with van der Waals surface area (Å²) < 4.78 is 0. The molecule has 102 valence electrons. The summed E-state index contributed by atoms with van der Waals surface area (Å²) in [5.74, 6) is 1.66. The molecule has 0 aliphatic heterocycles. The van der Waals surface area contributed by atoms with Crippen LogP contribution in [-0.2, 0) is 6.54 Å². The van der Waals surface area contributed by atoms with Crippen molar-refractivity contribution in [3.63, 3.8) is 0 Å². The first-order valence-corrected chi connectivity index (χ1v) is 6.30. The molecule has 0 aromatic carbocycles. The Morgan fingerprint density at radius 1 is 1.47 bits per heavy atom. The molecule has 2 rings (SSSR count). The van der Waals surface area contributed by atoms with Crippen LogP contribution in [0.25, 0.3) is 0 Å². The van der Waals surface area contributed by atoms with Crippen molar-refractivity contribution in [2.45, 2.75) is 19.5 Å². The maximum Gasteiger partial charge on any atom is 0.134 e. The van der Waals surface area contributed by atoms with E-state index in [9.17, 15) is 0 Å². The lowest BCUT2D eigenvalue weighted by molar-refractivity contribution is 0.776. The summed E-state index contributed by atoms with van der Waals surface area (Å²) >= 11 is 0. The maximum atomic E-state index is 5.71. The van der Waals surface area contributed by atoms with Crippen LogP contribution in [-0.4, -0.2) is 34.6 Å². The Balaban J connectivity index is 2.01. The van der Waals surface area contributed by atoms with Crippen LogP contribution in [0.4, 0.5) is 11.6 Å². The van der Waals surface area contributed by atoms with Gasteiger partial charge in [-0.15, -0.1) is 0 Å². The Hall–Kier alpha value is -2.08. The Morgan fingerprint density at radius 2 is 2.32 bits per heavy atom. The highest BCUT2D eigenvalue weighted by molar-refractivity contribution is 5.48. The van der Waals surface area contributed by atoms with Gasteiger partial charge in [0.2, 0.25) is 0 Å². The smallest absolute Gasteiger partial charge is 0.134 e. The third kappa shape index (κ3) is 3.96.